The summed E-state index contributed by atoms with van der Waals surface area (Å²) in [5.74, 6) is 0.253. The molecule has 1 saturated carbocycles. The molecular formula is C19H28N2O. The van der Waals surface area contributed by atoms with Gasteiger partial charge < -0.3 is 9.80 Å². The largest absolute Gasteiger partial charge is 0.336 e. The Morgan fingerprint density at radius 2 is 1.95 bits per heavy atom. The van der Waals surface area contributed by atoms with E-state index in [1.54, 1.807) is 0 Å². The van der Waals surface area contributed by atoms with Crippen molar-refractivity contribution in [3.63, 3.8) is 0 Å². The number of likely N-dealkylation sites (N-methyl/N-ethyl adjacent to an activating group) is 1. The van der Waals surface area contributed by atoms with Gasteiger partial charge in [-0.25, -0.2) is 0 Å². The molecule has 1 aromatic carbocycles. The molecule has 1 heterocycles. The van der Waals surface area contributed by atoms with Gasteiger partial charge in [0, 0.05) is 18.5 Å². The van der Waals surface area contributed by atoms with Crippen LogP contribution in [0.3, 0.4) is 0 Å². The van der Waals surface area contributed by atoms with Crippen molar-refractivity contribution in [2.45, 2.75) is 51.0 Å². The molecule has 1 fully saturated rings. The average molecular weight is 300 g/mol. The highest BCUT2D eigenvalue weighted by Gasteiger charge is 2.49. The third kappa shape index (κ3) is 2.79. The van der Waals surface area contributed by atoms with Gasteiger partial charge in [0.2, 0.25) is 5.91 Å². The molecule has 0 N–H and O–H groups in total. The highest BCUT2D eigenvalue weighted by atomic mass is 16.2. The number of rotatable bonds is 2. The van der Waals surface area contributed by atoms with E-state index in [0.29, 0.717) is 6.54 Å². The Morgan fingerprint density at radius 1 is 1.27 bits per heavy atom. The predicted octanol–water partition coefficient (Wildman–Crippen LogP) is 2.92. The topological polar surface area (TPSA) is 23.6 Å². The van der Waals surface area contributed by atoms with Gasteiger partial charge >= 0.3 is 0 Å². The lowest BCUT2D eigenvalue weighted by molar-refractivity contribution is -0.133. The first-order valence-corrected chi connectivity index (χ1v) is 8.28. The summed E-state index contributed by atoms with van der Waals surface area (Å²) in [4.78, 5) is 16.5. The van der Waals surface area contributed by atoms with Gasteiger partial charge in [0.1, 0.15) is 0 Å². The minimum atomic E-state index is 0.154. The van der Waals surface area contributed by atoms with Crippen LogP contribution in [0, 0.1) is 0 Å². The summed E-state index contributed by atoms with van der Waals surface area (Å²) in [6.07, 6.45) is 2.45. The molecule has 0 radical (unpaired) electrons. The lowest BCUT2D eigenvalue weighted by Crippen LogP contribution is -2.45. The number of fused-ring (bicyclic) bond motifs is 2. The summed E-state index contributed by atoms with van der Waals surface area (Å²) in [6, 6.07) is 6.96. The normalized spacial score (nSPS) is 19.5. The quantitative estimate of drug-likeness (QED) is 0.838. The molecule has 3 heteroatoms. The van der Waals surface area contributed by atoms with E-state index >= 15 is 0 Å². The van der Waals surface area contributed by atoms with Crippen molar-refractivity contribution in [1.29, 1.82) is 0 Å². The Balaban J connectivity index is 1.92. The van der Waals surface area contributed by atoms with Crippen molar-refractivity contribution in [3.05, 3.63) is 34.9 Å². The molecular weight excluding hydrogens is 272 g/mol. The van der Waals surface area contributed by atoms with Crippen molar-refractivity contribution >= 4 is 5.91 Å². The van der Waals surface area contributed by atoms with Gasteiger partial charge in [-0.2, -0.15) is 0 Å². The van der Waals surface area contributed by atoms with Crippen molar-refractivity contribution in [1.82, 2.24) is 9.80 Å². The first-order valence-electron chi connectivity index (χ1n) is 8.28. The average Bonchev–Trinajstić information content (AvgIpc) is 3.16. The minimum Gasteiger partial charge on any atom is -0.336 e. The van der Waals surface area contributed by atoms with E-state index < -0.39 is 0 Å². The summed E-state index contributed by atoms with van der Waals surface area (Å²) in [5.41, 5.74) is 4.63. The number of hydrogen-bond donors (Lipinski definition) is 0. The smallest absolute Gasteiger partial charge is 0.237 e. The zero-order valence-electron chi connectivity index (χ0n) is 14.6. The van der Waals surface area contributed by atoms with Crippen LogP contribution in [0.1, 0.15) is 50.3 Å². The highest BCUT2D eigenvalue weighted by Crippen LogP contribution is 2.52. The van der Waals surface area contributed by atoms with Gasteiger partial charge in [-0.3, -0.25) is 4.79 Å². The summed E-state index contributed by atoms with van der Waals surface area (Å²) in [5, 5.41) is 0. The Morgan fingerprint density at radius 3 is 2.50 bits per heavy atom. The number of hydrogen-bond acceptors (Lipinski definition) is 2. The van der Waals surface area contributed by atoms with Crippen LogP contribution in [-0.4, -0.2) is 42.9 Å². The van der Waals surface area contributed by atoms with E-state index in [1.807, 2.05) is 19.0 Å². The van der Waals surface area contributed by atoms with Gasteiger partial charge in [-0.15, -0.1) is 0 Å². The summed E-state index contributed by atoms with van der Waals surface area (Å²) < 4.78 is 0. The number of amides is 1. The molecule has 120 valence electrons. The molecule has 0 aromatic heterocycles. The molecule has 1 amide bonds. The second-order valence-electron chi connectivity index (χ2n) is 8.39. The number of benzene rings is 1. The molecule has 22 heavy (non-hydrogen) atoms. The van der Waals surface area contributed by atoms with E-state index in [-0.39, 0.29) is 16.7 Å². The van der Waals surface area contributed by atoms with Crippen molar-refractivity contribution in [2.75, 3.05) is 27.2 Å². The lowest BCUT2D eigenvalue weighted by Gasteiger charge is -2.36. The Labute approximate surface area is 134 Å². The van der Waals surface area contributed by atoms with E-state index in [1.165, 1.54) is 29.5 Å². The Hall–Kier alpha value is -1.35. The fraction of sp³-hybridized carbons (Fsp3) is 0.632. The summed E-state index contributed by atoms with van der Waals surface area (Å²) in [6.45, 7) is 8.93. The molecule has 0 bridgehead atoms. The Bertz CT molecular complexity index is 594. The van der Waals surface area contributed by atoms with E-state index in [2.05, 4.69) is 43.9 Å². The van der Waals surface area contributed by atoms with Gasteiger partial charge in [-0.1, -0.05) is 39.0 Å². The van der Waals surface area contributed by atoms with Crippen LogP contribution >= 0.6 is 0 Å². The predicted molar refractivity (Wildman–Crippen MR) is 90.0 cm³/mol. The second kappa shape index (κ2) is 5.09. The molecule has 1 aliphatic carbocycles. The van der Waals surface area contributed by atoms with Crippen LogP contribution < -0.4 is 0 Å². The third-order valence-corrected chi connectivity index (χ3v) is 5.06. The van der Waals surface area contributed by atoms with Crippen LogP contribution in [0.25, 0.3) is 0 Å². The SMILES string of the molecule is CN(C)CC(=O)N1Cc2cc(C(C)(C)C)ccc2C2(CC2)C1. The zero-order chi connectivity index (χ0) is 16.1. The van der Waals surface area contributed by atoms with Crippen LogP contribution in [-0.2, 0) is 22.2 Å². The van der Waals surface area contributed by atoms with Gasteiger partial charge in [0.05, 0.1) is 6.54 Å². The lowest BCUT2D eigenvalue weighted by atomic mass is 9.80. The molecule has 3 nitrogen and oxygen atoms in total. The number of nitrogens with zero attached hydrogens (tertiary/aromatic N) is 2. The van der Waals surface area contributed by atoms with Crippen molar-refractivity contribution in [2.24, 2.45) is 0 Å². The molecule has 1 aromatic rings. The van der Waals surface area contributed by atoms with Crippen LogP contribution in [0.2, 0.25) is 0 Å². The summed E-state index contributed by atoms with van der Waals surface area (Å²) >= 11 is 0. The van der Waals surface area contributed by atoms with E-state index in [9.17, 15) is 4.79 Å². The molecule has 0 unspecified atom stereocenters. The monoisotopic (exact) mass is 300 g/mol. The maximum absolute atomic E-state index is 12.5. The maximum atomic E-state index is 12.5. The molecule has 2 aliphatic rings. The van der Waals surface area contributed by atoms with Crippen molar-refractivity contribution < 1.29 is 4.79 Å². The summed E-state index contributed by atoms with van der Waals surface area (Å²) in [7, 11) is 3.92. The van der Waals surface area contributed by atoms with E-state index in [0.717, 1.165) is 13.1 Å². The minimum absolute atomic E-state index is 0.154. The third-order valence-electron chi connectivity index (χ3n) is 5.06. The highest BCUT2D eigenvalue weighted by molar-refractivity contribution is 5.79. The molecule has 3 rings (SSSR count). The fourth-order valence-electron chi connectivity index (χ4n) is 3.55. The first-order chi connectivity index (χ1) is 10.2. The standard InChI is InChI=1S/C19H28N2O/c1-18(2,3)15-6-7-16-14(10-15)11-21(13-19(16)8-9-19)17(22)12-20(4)5/h6-7,10H,8-9,11-13H2,1-5H3. The Kier molecular flexibility index (Phi) is 3.59. The van der Waals surface area contributed by atoms with Crippen molar-refractivity contribution in [3.8, 4) is 0 Å². The molecule has 0 atom stereocenters. The number of carbonyl (C=O) groups is 1. The maximum Gasteiger partial charge on any atom is 0.237 e. The van der Waals surface area contributed by atoms with E-state index in [4.69, 9.17) is 0 Å². The van der Waals surface area contributed by atoms with Gasteiger partial charge in [0.25, 0.3) is 0 Å². The zero-order valence-corrected chi connectivity index (χ0v) is 14.6. The van der Waals surface area contributed by atoms with Crippen LogP contribution in [0.4, 0.5) is 0 Å². The van der Waals surface area contributed by atoms with Gasteiger partial charge in [-0.05, 0) is 49.0 Å². The van der Waals surface area contributed by atoms with Gasteiger partial charge in [0.15, 0.2) is 0 Å². The van der Waals surface area contributed by atoms with Crippen LogP contribution in [0.5, 0.6) is 0 Å². The number of carbonyl (C=O) groups excluding carboxylic acids is 1. The fourth-order valence-corrected chi connectivity index (χ4v) is 3.55. The molecule has 1 aliphatic heterocycles. The second-order valence-corrected chi connectivity index (χ2v) is 8.39. The molecule has 1 spiro atoms. The first kappa shape index (κ1) is 15.5. The van der Waals surface area contributed by atoms with Crippen LogP contribution in [0.15, 0.2) is 18.2 Å². The molecule has 0 saturated heterocycles.